The normalized spacial score (nSPS) is 24.1. The smallest absolute Gasteiger partial charge is 0.297 e. The topological polar surface area (TPSA) is 38.3 Å². The Labute approximate surface area is 107 Å². The number of nitrogens with one attached hydrogen (secondary N) is 1. The van der Waals surface area contributed by atoms with Gasteiger partial charge in [-0.2, -0.15) is 0 Å². The SMILES string of the molecule is CCC1CCC(NC(=O)Cc2cccs2)BO1. The Kier molecular flexibility index (Phi) is 4.62. The molecule has 3 nitrogen and oxygen atoms in total. The molecule has 2 atom stereocenters. The van der Waals surface area contributed by atoms with Crippen LogP contribution in [0.25, 0.3) is 0 Å². The summed E-state index contributed by atoms with van der Waals surface area (Å²) in [6.45, 7) is 2.14. The highest BCUT2D eigenvalue weighted by Gasteiger charge is 2.23. The maximum Gasteiger partial charge on any atom is 0.297 e. The molecule has 2 rings (SSSR count). The Balaban J connectivity index is 1.72. The molecule has 0 aliphatic carbocycles. The van der Waals surface area contributed by atoms with Gasteiger partial charge in [-0.3, -0.25) is 4.79 Å². The monoisotopic (exact) mass is 251 g/mol. The molecular formula is C12H18BNO2S. The van der Waals surface area contributed by atoms with Crippen LogP contribution in [0.15, 0.2) is 17.5 Å². The number of amides is 1. The summed E-state index contributed by atoms with van der Waals surface area (Å²) in [7, 11) is 0.661. The Hall–Kier alpha value is -0.805. The van der Waals surface area contributed by atoms with Crippen LogP contribution in [-0.2, 0) is 15.9 Å². The summed E-state index contributed by atoms with van der Waals surface area (Å²) < 4.78 is 5.66. The van der Waals surface area contributed by atoms with E-state index < -0.39 is 0 Å². The van der Waals surface area contributed by atoms with Crippen molar-refractivity contribution >= 4 is 24.7 Å². The van der Waals surface area contributed by atoms with E-state index >= 15 is 0 Å². The fraction of sp³-hybridized carbons (Fsp3) is 0.583. The lowest BCUT2D eigenvalue weighted by Crippen LogP contribution is -2.45. The molecule has 2 heterocycles. The van der Waals surface area contributed by atoms with Gasteiger partial charge in [0, 0.05) is 16.9 Å². The molecule has 1 saturated heterocycles. The second kappa shape index (κ2) is 6.22. The summed E-state index contributed by atoms with van der Waals surface area (Å²) in [4.78, 5) is 12.9. The predicted octanol–water partition coefficient (Wildman–Crippen LogP) is 1.67. The molecule has 1 amide bonds. The second-order valence-electron chi connectivity index (χ2n) is 4.46. The Morgan fingerprint density at radius 1 is 1.65 bits per heavy atom. The van der Waals surface area contributed by atoms with Gasteiger partial charge in [0.05, 0.1) is 6.42 Å². The molecule has 2 unspecified atom stereocenters. The van der Waals surface area contributed by atoms with Crippen LogP contribution in [0.3, 0.4) is 0 Å². The van der Waals surface area contributed by atoms with Gasteiger partial charge in [-0.05, 0) is 30.7 Å². The highest BCUT2D eigenvalue weighted by Crippen LogP contribution is 2.15. The molecule has 0 aromatic carbocycles. The summed E-state index contributed by atoms with van der Waals surface area (Å²) in [5, 5.41) is 5.04. The summed E-state index contributed by atoms with van der Waals surface area (Å²) in [5.41, 5.74) is 0. The zero-order chi connectivity index (χ0) is 12.1. The van der Waals surface area contributed by atoms with Crippen LogP contribution in [0, 0.1) is 0 Å². The first-order chi connectivity index (χ1) is 8.28. The largest absolute Gasteiger partial charge is 0.435 e. The van der Waals surface area contributed by atoms with Crippen molar-refractivity contribution in [2.75, 3.05) is 0 Å². The van der Waals surface area contributed by atoms with Crippen molar-refractivity contribution in [1.82, 2.24) is 5.32 Å². The van der Waals surface area contributed by atoms with Crippen molar-refractivity contribution in [2.45, 2.75) is 44.7 Å². The van der Waals surface area contributed by atoms with Gasteiger partial charge < -0.3 is 9.97 Å². The minimum atomic E-state index is 0.107. The van der Waals surface area contributed by atoms with Crippen molar-refractivity contribution in [2.24, 2.45) is 0 Å². The lowest BCUT2D eigenvalue weighted by molar-refractivity contribution is -0.120. The van der Waals surface area contributed by atoms with Gasteiger partial charge in [-0.25, -0.2) is 0 Å². The lowest BCUT2D eigenvalue weighted by Gasteiger charge is -2.28. The van der Waals surface area contributed by atoms with Gasteiger partial charge in [0.1, 0.15) is 0 Å². The predicted molar refractivity (Wildman–Crippen MR) is 71.5 cm³/mol. The third-order valence-electron chi connectivity index (χ3n) is 3.11. The minimum Gasteiger partial charge on any atom is -0.435 e. The number of hydrogen-bond donors (Lipinski definition) is 1. The molecule has 0 spiro atoms. The van der Waals surface area contributed by atoms with Gasteiger partial charge in [0.25, 0.3) is 7.48 Å². The van der Waals surface area contributed by atoms with E-state index in [0.29, 0.717) is 20.0 Å². The molecule has 92 valence electrons. The van der Waals surface area contributed by atoms with E-state index in [2.05, 4.69) is 12.2 Å². The molecule has 1 aliphatic rings. The molecule has 0 radical (unpaired) electrons. The maximum atomic E-state index is 11.8. The zero-order valence-electron chi connectivity index (χ0n) is 10.1. The number of carbonyl (C=O) groups excluding carboxylic acids is 1. The van der Waals surface area contributed by atoms with Crippen molar-refractivity contribution in [1.29, 1.82) is 0 Å². The maximum absolute atomic E-state index is 11.8. The molecule has 1 aromatic rings. The summed E-state index contributed by atoms with van der Waals surface area (Å²) >= 11 is 1.63. The van der Waals surface area contributed by atoms with Gasteiger partial charge in [0.15, 0.2) is 0 Å². The fourth-order valence-electron chi connectivity index (χ4n) is 2.09. The molecule has 5 heteroatoms. The van der Waals surface area contributed by atoms with Crippen molar-refractivity contribution in [3.63, 3.8) is 0 Å². The van der Waals surface area contributed by atoms with Crippen LogP contribution < -0.4 is 5.32 Å². The number of hydrogen-bond acceptors (Lipinski definition) is 3. The van der Waals surface area contributed by atoms with E-state index in [9.17, 15) is 4.79 Å². The van der Waals surface area contributed by atoms with E-state index in [1.54, 1.807) is 11.3 Å². The third-order valence-corrected chi connectivity index (χ3v) is 3.98. The first-order valence-electron chi connectivity index (χ1n) is 6.21. The van der Waals surface area contributed by atoms with E-state index in [1.165, 1.54) is 0 Å². The van der Waals surface area contributed by atoms with Gasteiger partial charge in [-0.1, -0.05) is 13.0 Å². The van der Waals surface area contributed by atoms with Crippen molar-refractivity contribution < 1.29 is 9.45 Å². The standard InChI is InChI=1S/C12H18BNO2S/c1-2-9-5-6-11(13-16-9)14-12(15)8-10-4-3-7-17-10/h3-4,7,9,11,13H,2,5-6,8H2,1H3,(H,14,15). The highest BCUT2D eigenvalue weighted by molar-refractivity contribution is 7.10. The van der Waals surface area contributed by atoms with E-state index in [0.717, 1.165) is 24.1 Å². The van der Waals surface area contributed by atoms with Crippen LogP contribution in [0.4, 0.5) is 0 Å². The van der Waals surface area contributed by atoms with E-state index in [4.69, 9.17) is 4.65 Å². The van der Waals surface area contributed by atoms with Crippen LogP contribution in [0.1, 0.15) is 31.1 Å². The molecule has 1 aromatic heterocycles. The Morgan fingerprint density at radius 3 is 3.12 bits per heavy atom. The Morgan fingerprint density at radius 2 is 2.53 bits per heavy atom. The average Bonchev–Trinajstić information content (AvgIpc) is 2.82. The van der Waals surface area contributed by atoms with Crippen LogP contribution in [-0.4, -0.2) is 25.4 Å². The molecule has 1 fully saturated rings. The first kappa shape index (κ1) is 12.6. The average molecular weight is 251 g/mol. The summed E-state index contributed by atoms with van der Waals surface area (Å²) in [6.07, 6.45) is 4.04. The number of thiophene rings is 1. The van der Waals surface area contributed by atoms with E-state index in [-0.39, 0.29) is 11.8 Å². The molecular weight excluding hydrogens is 233 g/mol. The molecule has 17 heavy (non-hydrogen) atoms. The number of carbonyl (C=O) groups is 1. The minimum absolute atomic E-state index is 0.107. The quantitative estimate of drug-likeness (QED) is 0.827. The fourth-order valence-corrected chi connectivity index (χ4v) is 2.80. The lowest BCUT2D eigenvalue weighted by atomic mass is 9.79. The van der Waals surface area contributed by atoms with Crippen LogP contribution in [0.5, 0.6) is 0 Å². The first-order valence-corrected chi connectivity index (χ1v) is 7.09. The summed E-state index contributed by atoms with van der Waals surface area (Å²) in [6, 6.07) is 3.97. The zero-order valence-corrected chi connectivity index (χ0v) is 11.0. The van der Waals surface area contributed by atoms with Crippen molar-refractivity contribution in [3.05, 3.63) is 22.4 Å². The molecule has 1 N–H and O–H groups in total. The van der Waals surface area contributed by atoms with Crippen LogP contribution in [0.2, 0.25) is 0 Å². The van der Waals surface area contributed by atoms with Crippen LogP contribution >= 0.6 is 11.3 Å². The van der Waals surface area contributed by atoms with Gasteiger partial charge in [0.2, 0.25) is 5.91 Å². The van der Waals surface area contributed by atoms with E-state index in [1.807, 2.05) is 17.5 Å². The molecule has 0 saturated carbocycles. The number of rotatable bonds is 4. The third kappa shape index (κ3) is 3.86. The second-order valence-corrected chi connectivity index (χ2v) is 5.49. The van der Waals surface area contributed by atoms with Crippen molar-refractivity contribution in [3.8, 4) is 0 Å². The Bertz CT molecular complexity index is 347. The molecule has 1 aliphatic heterocycles. The van der Waals surface area contributed by atoms with Gasteiger partial charge >= 0.3 is 0 Å². The highest BCUT2D eigenvalue weighted by atomic mass is 32.1. The summed E-state index contributed by atoms with van der Waals surface area (Å²) in [5.74, 6) is 0.307. The molecule has 0 bridgehead atoms. The van der Waals surface area contributed by atoms with Gasteiger partial charge in [-0.15, -0.1) is 11.3 Å².